The first-order valence-corrected chi connectivity index (χ1v) is 7.97. The molecule has 3 atom stereocenters. The second kappa shape index (κ2) is 4.81. The molecular weight excluding hydrogens is 278 g/mol. The number of nitrogens with zero attached hydrogens (tertiary/aromatic N) is 3. The predicted molar refractivity (Wildman–Crippen MR) is 83.5 cm³/mol. The Morgan fingerprint density at radius 2 is 2.00 bits per heavy atom. The van der Waals surface area contributed by atoms with Crippen molar-refractivity contribution in [3.05, 3.63) is 30.1 Å². The van der Waals surface area contributed by atoms with E-state index in [0.29, 0.717) is 17.9 Å². The molecule has 116 valence electrons. The van der Waals surface area contributed by atoms with Crippen molar-refractivity contribution in [3.63, 3.8) is 0 Å². The van der Waals surface area contributed by atoms with Crippen molar-refractivity contribution in [2.45, 2.75) is 26.4 Å². The van der Waals surface area contributed by atoms with E-state index in [2.05, 4.69) is 41.5 Å². The van der Waals surface area contributed by atoms with Gasteiger partial charge in [-0.05, 0) is 37.8 Å². The number of hydrogen-bond donors (Lipinski definition) is 1. The topological polar surface area (TPSA) is 58.4 Å². The van der Waals surface area contributed by atoms with Crippen LogP contribution in [0.2, 0.25) is 0 Å². The highest BCUT2D eigenvalue weighted by molar-refractivity contribution is 5.76. The van der Waals surface area contributed by atoms with E-state index < -0.39 is 5.97 Å². The summed E-state index contributed by atoms with van der Waals surface area (Å²) in [5.41, 5.74) is 2.22. The smallest absolute Gasteiger partial charge is 0.307 e. The molecule has 1 N–H and O–H groups in total. The number of benzene rings is 1. The highest BCUT2D eigenvalue weighted by atomic mass is 16.4. The van der Waals surface area contributed by atoms with Crippen molar-refractivity contribution in [2.24, 2.45) is 17.8 Å². The van der Waals surface area contributed by atoms with Gasteiger partial charge in [0.1, 0.15) is 5.82 Å². The number of aromatic nitrogens is 2. The van der Waals surface area contributed by atoms with Crippen LogP contribution in [-0.2, 0) is 11.3 Å². The van der Waals surface area contributed by atoms with Gasteiger partial charge in [0.25, 0.3) is 0 Å². The number of carboxylic acids is 1. The second-order valence-corrected chi connectivity index (χ2v) is 6.87. The molecule has 1 aliphatic heterocycles. The Labute approximate surface area is 129 Å². The number of imidazole rings is 1. The molecule has 0 amide bonds. The lowest BCUT2D eigenvalue weighted by Crippen LogP contribution is -2.27. The van der Waals surface area contributed by atoms with Gasteiger partial charge < -0.3 is 9.67 Å². The quantitative estimate of drug-likeness (QED) is 0.941. The van der Waals surface area contributed by atoms with E-state index in [1.807, 2.05) is 6.07 Å². The Hall–Kier alpha value is -1.88. The summed E-state index contributed by atoms with van der Waals surface area (Å²) in [4.78, 5) is 18.2. The number of hydrogen-bond acceptors (Lipinski definition) is 3. The van der Waals surface area contributed by atoms with Gasteiger partial charge in [0.2, 0.25) is 0 Å². The van der Waals surface area contributed by atoms with E-state index in [0.717, 1.165) is 31.0 Å². The van der Waals surface area contributed by atoms with Crippen LogP contribution in [0.5, 0.6) is 0 Å². The fourth-order valence-corrected chi connectivity index (χ4v) is 4.09. The lowest BCUT2D eigenvalue weighted by Gasteiger charge is -2.20. The third-order valence-corrected chi connectivity index (χ3v) is 5.11. The van der Waals surface area contributed by atoms with Crippen LogP contribution in [0, 0.1) is 17.8 Å². The number of para-hydroxylation sites is 2. The number of fused-ring (bicyclic) bond motifs is 2. The zero-order valence-corrected chi connectivity index (χ0v) is 12.9. The van der Waals surface area contributed by atoms with Gasteiger partial charge in [-0.2, -0.15) is 0 Å². The number of carbonyl (C=O) groups is 1. The molecule has 2 aliphatic rings. The summed E-state index contributed by atoms with van der Waals surface area (Å²) in [6.07, 6.45) is 0. The molecule has 0 bridgehead atoms. The van der Waals surface area contributed by atoms with Gasteiger partial charge in [0.15, 0.2) is 0 Å². The molecule has 5 nitrogen and oxygen atoms in total. The van der Waals surface area contributed by atoms with Crippen LogP contribution >= 0.6 is 0 Å². The van der Waals surface area contributed by atoms with E-state index in [1.165, 1.54) is 5.52 Å². The van der Waals surface area contributed by atoms with Gasteiger partial charge >= 0.3 is 5.97 Å². The van der Waals surface area contributed by atoms with Gasteiger partial charge in [-0.15, -0.1) is 0 Å². The molecule has 1 aromatic carbocycles. The van der Waals surface area contributed by atoms with Gasteiger partial charge in [-0.1, -0.05) is 12.1 Å². The van der Waals surface area contributed by atoms with Gasteiger partial charge in [0.05, 0.1) is 23.5 Å². The molecule has 0 radical (unpaired) electrons. The number of likely N-dealkylation sites (tertiary alicyclic amines) is 1. The zero-order valence-electron chi connectivity index (χ0n) is 12.9. The maximum atomic E-state index is 11.1. The molecule has 0 spiro atoms. The van der Waals surface area contributed by atoms with Crippen molar-refractivity contribution in [3.8, 4) is 0 Å². The van der Waals surface area contributed by atoms with E-state index >= 15 is 0 Å². The molecule has 1 unspecified atom stereocenters. The van der Waals surface area contributed by atoms with Crippen molar-refractivity contribution in [1.82, 2.24) is 14.5 Å². The summed E-state index contributed by atoms with van der Waals surface area (Å²) in [5, 5.41) is 9.11. The largest absolute Gasteiger partial charge is 0.481 e. The number of rotatable bonds is 4. The van der Waals surface area contributed by atoms with Crippen molar-refractivity contribution < 1.29 is 9.90 Å². The van der Waals surface area contributed by atoms with Crippen LogP contribution in [0.15, 0.2) is 24.3 Å². The third-order valence-electron chi connectivity index (χ3n) is 5.11. The summed E-state index contributed by atoms with van der Waals surface area (Å²) in [6.45, 7) is 6.96. The highest BCUT2D eigenvalue weighted by Gasteiger charge is 2.59. The Morgan fingerprint density at radius 3 is 2.64 bits per heavy atom. The molecule has 1 saturated carbocycles. The van der Waals surface area contributed by atoms with Crippen molar-refractivity contribution >= 4 is 17.0 Å². The molecule has 2 fully saturated rings. The van der Waals surface area contributed by atoms with E-state index in [1.54, 1.807) is 0 Å². The van der Waals surface area contributed by atoms with Crippen LogP contribution in [0.1, 0.15) is 25.7 Å². The zero-order chi connectivity index (χ0) is 15.4. The molecule has 22 heavy (non-hydrogen) atoms. The summed E-state index contributed by atoms with van der Waals surface area (Å²) >= 11 is 0. The van der Waals surface area contributed by atoms with Crippen LogP contribution < -0.4 is 0 Å². The second-order valence-electron chi connectivity index (χ2n) is 6.87. The van der Waals surface area contributed by atoms with Crippen molar-refractivity contribution in [1.29, 1.82) is 0 Å². The first kappa shape index (κ1) is 13.8. The standard InChI is InChI=1S/C17H21N3O2/c1-10(2)20-14-6-4-3-5-13(14)18-15(20)9-19-7-11-12(8-19)16(11)17(21)22/h3-6,10-12,16H,7-9H2,1-2H3,(H,21,22)/t11-,12+,16?. The minimum Gasteiger partial charge on any atom is -0.481 e. The fourth-order valence-electron chi connectivity index (χ4n) is 4.09. The average molecular weight is 299 g/mol. The Balaban J connectivity index is 1.56. The normalized spacial score (nSPS) is 27.5. The van der Waals surface area contributed by atoms with Crippen LogP contribution in [-0.4, -0.2) is 38.6 Å². The summed E-state index contributed by atoms with van der Waals surface area (Å²) in [6, 6.07) is 8.61. The highest BCUT2D eigenvalue weighted by Crippen LogP contribution is 2.52. The number of carboxylic acid groups (broad SMARTS) is 1. The Kier molecular flexibility index (Phi) is 3.01. The molecular formula is C17H21N3O2. The first-order valence-electron chi connectivity index (χ1n) is 7.97. The molecule has 5 heteroatoms. The maximum absolute atomic E-state index is 11.1. The van der Waals surface area contributed by atoms with Crippen LogP contribution in [0.25, 0.3) is 11.0 Å². The maximum Gasteiger partial charge on any atom is 0.307 e. The van der Waals surface area contributed by atoms with Gasteiger partial charge in [-0.25, -0.2) is 4.98 Å². The molecule has 1 aliphatic carbocycles. The summed E-state index contributed by atoms with van der Waals surface area (Å²) in [7, 11) is 0. The molecule has 4 rings (SSSR count). The number of aliphatic carboxylic acids is 1. The molecule has 2 aromatic rings. The van der Waals surface area contributed by atoms with Crippen molar-refractivity contribution in [2.75, 3.05) is 13.1 Å². The van der Waals surface area contributed by atoms with E-state index in [4.69, 9.17) is 10.1 Å². The Bertz CT molecular complexity index is 725. The van der Waals surface area contributed by atoms with Crippen LogP contribution in [0.4, 0.5) is 0 Å². The molecule has 1 aromatic heterocycles. The van der Waals surface area contributed by atoms with E-state index in [-0.39, 0.29) is 5.92 Å². The third kappa shape index (κ3) is 2.03. The lowest BCUT2D eigenvalue weighted by molar-refractivity contribution is -0.139. The SMILES string of the molecule is CC(C)n1c(CN2C[C@@H]3C(C(=O)O)[C@@H]3C2)nc2ccccc21. The molecule has 1 saturated heterocycles. The summed E-state index contributed by atoms with van der Waals surface area (Å²) < 4.78 is 2.30. The van der Waals surface area contributed by atoms with Gasteiger partial charge in [-0.3, -0.25) is 9.69 Å². The number of piperidine rings is 1. The van der Waals surface area contributed by atoms with Gasteiger partial charge in [0, 0.05) is 19.1 Å². The minimum absolute atomic E-state index is 0.0971. The fraction of sp³-hybridized carbons (Fsp3) is 0.529. The van der Waals surface area contributed by atoms with E-state index in [9.17, 15) is 4.79 Å². The monoisotopic (exact) mass is 299 g/mol. The summed E-state index contributed by atoms with van der Waals surface area (Å²) in [5.74, 6) is 1.08. The lowest BCUT2D eigenvalue weighted by atomic mass is 10.2. The van der Waals surface area contributed by atoms with Crippen LogP contribution in [0.3, 0.4) is 0 Å². The Morgan fingerprint density at radius 1 is 1.32 bits per heavy atom. The molecule has 2 heterocycles. The average Bonchev–Trinajstić information content (AvgIpc) is 2.82. The predicted octanol–water partition coefficient (Wildman–Crippen LogP) is 2.38. The minimum atomic E-state index is -0.621. The first-order chi connectivity index (χ1) is 10.6.